The third-order valence-electron chi connectivity index (χ3n) is 2.22. The number of carbonyl (C=O) groups excluding carboxylic acids is 1. The number of rotatable bonds is 6. The molecule has 0 unspecified atom stereocenters. The van der Waals surface area contributed by atoms with Gasteiger partial charge in [-0.05, 0) is 17.7 Å². The van der Waals surface area contributed by atoms with E-state index in [1.807, 2.05) is 0 Å². The molecule has 0 fully saturated rings. The van der Waals surface area contributed by atoms with Crippen LogP contribution < -0.4 is 10.1 Å². The van der Waals surface area contributed by atoms with E-state index in [-0.39, 0.29) is 6.42 Å². The highest BCUT2D eigenvalue weighted by atomic mass is 35.5. The second-order valence-electron chi connectivity index (χ2n) is 3.35. The second kappa shape index (κ2) is 6.10. The molecule has 5 nitrogen and oxygen atoms in total. The maximum Gasteiger partial charge on any atom is 0.326 e. The van der Waals surface area contributed by atoms with E-state index in [0.29, 0.717) is 22.7 Å². The van der Waals surface area contributed by atoms with Gasteiger partial charge in [0.05, 0.1) is 12.1 Å². The van der Waals surface area contributed by atoms with Crippen LogP contribution in [0.4, 0.5) is 0 Å². The van der Waals surface area contributed by atoms with Crippen LogP contribution in [0.2, 0.25) is 5.02 Å². The molecule has 1 aromatic rings. The number of amides is 1. The van der Waals surface area contributed by atoms with Crippen molar-refractivity contribution in [3.05, 3.63) is 28.8 Å². The van der Waals surface area contributed by atoms with Gasteiger partial charge in [-0.1, -0.05) is 17.7 Å². The van der Waals surface area contributed by atoms with E-state index in [0.717, 1.165) is 0 Å². The average Bonchev–Trinajstić information content (AvgIpc) is 2.28. The van der Waals surface area contributed by atoms with Crippen LogP contribution in [0.5, 0.6) is 5.75 Å². The Kier molecular flexibility index (Phi) is 4.78. The maximum atomic E-state index is 10.8. The van der Waals surface area contributed by atoms with Gasteiger partial charge in [0, 0.05) is 6.42 Å². The van der Waals surface area contributed by atoms with Gasteiger partial charge in [-0.3, -0.25) is 4.79 Å². The summed E-state index contributed by atoms with van der Waals surface area (Å²) < 4.78 is 4.98. The zero-order chi connectivity index (χ0) is 12.8. The number of benzene rings is 1. The molecule has 0 radical (unpaired) electrons. The summed E-state index contributed by atoms with van der Waals surface area (Å²) in [7, 11) is 1.49. The third-order valence-corrected chi connectivity index (χ3v) is 2.52. The normalized spacial score (nSPS) is 11.6. The Morgan fingerprint density at radius 2 is 2.35 bits per heavy atom. The van der Waals surface area contributed by atoms with Crippen LogP contribution >= 0.6 is 11.6 Å². The first-order valence-corrected chi connectivity index (χ1v) is 5.21. The van der Waals surface area contributed by atoms with Crippen molar-refractivity contribution in [2.45, 2.75) is 12.5 Å². The molecule has 6 heteroatoms. The van der Waals surface area contributed by atoms with Crippen LogP contribution in [0.1, 0.15) is 5.56 Å². The molecule has 1 rings (SSSR count). The van der Waals surface area contributed by atoms with Gasteiger partial charge in [0.1, 0.15) is 11.8 Å². The fourth-order valence-corrected chi connectivity index (χ4v) is 1.65. The number of aliphatic carboxylic acids is 1. The minimum absolute atomic E-state index is 0.164. The van der Waals surface area contributed by atoms with Crippen molar-refractivity contribution in [3.63, 3.8) is 0 Å². The summed E-state index contributed by atoms with van der Waals surface area (Å²) in [4.78, 5) is 21.1. The minimum Gasteiger partial charge on any atom is -0.495 e. The molecule has 0 bridgehead atoms. The van der Waals surface area contributed by atoms with Gasteiger partial charge in [-0.25, -0.2) is 4.79 Å². The predicted octanol–water partition coefficient (Wildman–Crippen LogP) is 1.09. The number of carbonyl (C=O) groups is 2. The molecule has 0 aliphatic carbocycles. The zero-order valence-corrected chi connectivity index (χ0v) is 9.90. The first kappa shape index (κ1) is 13.3. The fraction of sp³-hybridized carbons (Fsp3) is 0.273. The van der Waals surface area contributed by atoms with Crippen LogP contribution in [0.25, 0.3) is 0 Å². The number of hydrogen-bond donors (Lipinski definition) is 2. The highest BCUT2D eigenvalue weighted by Gasteiger charge is 2.17. The van der Waals surface area contributed by atoms with Crippen molar-refractivity contribution in [3.8, 4) is 5.75 Å². The number of halogens is 1. The molecule has 0 aliphatic heterocycles. The zero-order valence-electron chi connectivity index (χ0n) is 9.14. The first-order valence-electron chi connectivity index (χ1n) is 4.83. The van der Waals surface area contributed by atoms with E-state index in [2.05, 4.69) is 5.32 Å². The molecule has 0 aromatic heterocycles. The second-order valence-corrected chi connectivity index (χ2v) is 3.76. The average molecular weight is 258 g/mol. The molecule has 17 heavy (non-hydrogen) atoms. The van der Waals surface area contributed by atoms with Gasteiger partial charge in [0.15, 0.2) is 0 Å². The van der Waals surface area contributed by atoms with Crippen LogP contribution in [0, 0.1) is 0 Å². The van der Waals surface area contributed by atoms with Crippen molar-refractivity contribution < 1.29 is 19.4 Å². The number of nitrogens with one attached hydrogen (secondary N) is 1. The monoisotopic (exact) mass is 257 g/mol. The predicted molar refractivity (Wildman–Crippen MR) is 62.3 cm³/mol. The largest absolute Gasteiger partial charge is 0.495 e. The lowest BCUT2D eigenvalue weighted by molar-refractivity contribution is -0.140. The topological polar surface area (TPSA) is 75.6 Å². The number of methoxy groups -OCH3 is 1. The Labute approximate surface area is 103 Å². The van der Waals surface area contributed by atoms with Gasteiger partial charge >= 0.3 is 5.97 Å². The Balaban J connectivity index is 2.82. The lowest BCUT2D eigenvalue weighted by Crippen LogP contribution is -2.37. The summed E-state index contributed by atoms with van der Waals surface area (Å²) in [5.74, 6) is -0.574. The molecule has 0 heterocycles. The van der Waals surface area contributed by atoms with Gasteiger partial charge in [0.25, 0.3) is 0 Å². The van der Waals surface area contributed by atoms with Gasteiger partial charge in [-0.15, -0.1) is 0 Å². The van der Waals surface area contributed by atoms with E-state index < -0.39 is 12.0 Å². The van der Waals surface area contributed by atoms with Crippen LogP contribution in [-0.2, 0) is 16.0 Å². The molecule has 1 aromatic carbocycles. The van der Waals surface area contributed by atoms with Crippen molar-refractivity contribution in [2.75, 3.05) is 7.11 Å². The third kappa shape index (κ3) is 3.64. The van der Waals surface area contributed by atoms with Crippen molar-refractivity contribution >= 4 is 24.0 Å². The SMILES string of the molecule is COc1ccc(C[C@H](NC=O)C(=O)O)cc1Cl. The lowest BCUT2D eigenvalue weighted by Gasteiger charge is -2.12. The molecule has 0 spiro atoms. The Morgan fingerprint density at radius 1 is 1.65 bits per heavy atom. The molecule has 1 atom stereocenters. The number of carboxylic acids is 1. The number of ether oxygens (including phenoxy) is 1. The Bertz CT molecular complexity index is 422. The van der Waals surface area contributed by atoms with Gasteiger partial charge in [-0.2, -0.15) is 0 Å². The molecule has 92 valence electrons. The number of hydrogen-bond acceptors (Lipinski definition) is 3. The van der Waals surface area contributed by atoms with E-state index >= 15 is 0 Å². The smallest absolute Gasteiger partial charge is 0.326 e. The summed E-state index contributed by atoms with van der Waals surface area (Å²) in [6, 6.07) is 4.00. The van der Waals surface area contributed by atoms with Gasteiger partial charge < -0.3 is 15.2 Å². The minimum atomic E-state index is -1.09. The Morgan fingerprint density at radius 3 is 2.82 bits per heavy atom. The highest BCUT2D eigenvalue weighted by molar-refractivity contribution is 6.32. The summed E-state index contributed by atoms with van der Waals surface area (Å²) in [5, 5.41) is 11.5. The molecule has 0 saturated carbocycles. The fourth-order valence-electron chi connectivity index (χ4n) is 1.37. The molecular formula is C11H12ClNO4. The quantitative estimate of drug-likeness (QED) is 0.748. The standard InChI is InChI=1S/C11H12ClNO4/c1-17-10-3-2-7(4-8(10)12)5-9(11(15)16)13-6-14/h2-4,6,9H,5H2,1H3,(H,13,14)(H,15,16)/t9-/m0/s1. The van der Waals surface area contributed by atoms with E-state index in [9.17, 15) is 9.59 Å². The molecule has 1 amide bonds. The Hall–Kier alpha value is -1.75. The molecule has 2 N–H and O–H groups in total. The molecule has 0 aliphatic rings. The summed E-state index contributed by atoms with van der Waals surface area (Å²) in [5.41, 5.74) is 0.706. The summed E-state index contributed by atoms with van der Waals surface area (Å²) >= 11 is 5.91. The first-order chi connectivity index (χ1) is 8.08. The van der Waals surface area contributed by atoms with Crippen LogP contribution in [0.3, 0.4) is 0 Å². The van der Waals surface area contributed by atoms with E-state index in [1.54, 1.807) is 18.2 Å². The number of carboxylic acid groups (broad SMARTS) is 1. The van der Waals surface area contributed by atoms with Crippen molar-refractivity contribution in [1.82, 2.24) is 5.32 Å². The molecule has 0 saturated heterocycles. The maximum absolute atomic E-state index is 10.8. The van der Waals surface area contributed by atoms with Crippen LogP contribution in [0.15, 0.2) is 18.2 Å². The molecular weight excluding hydrogens is 246 g/mol. The van der Waals surface area contributed by atoms with Crippen molar-refractivity contribution in [1.29, 1.82) is 0 Å². The summed E-state index contributed by atoms with van der Waals surface area (Å²) in [6.45, 7) is 0. The van der Waals surface area contributed by atoms with Gasteiger partial charge in [0.2, 0.25) is 6.41 Å². The van der Waals surface area contributed by atoms with Crippen molar-refractivity contribution in [2.24, 2.45) is 0 Å². The van der Waals surface area contributed by atoms with E-state index in [4.69, 9.17) is 21.4 Å². The highest BCUT2D eigenvalue weighted by Crippen LogP contribution is 2.25. The lowest BCUT2D eigenvalue weighted by atomic mass is 10.1. The van der Waals surface area contributed by atoms with E-state index in [1.165, 1.54) is 7.11 Å². The van der Waals surface area contributed by atoms with Crippen LogP contribution in [-0.4, -0.2) is 30.6 Å². The summed E-state index contributed by atoms with van der Waals surface area (Å²) in [6.07, 6.45) is 0.529.